The molecule has 1 heterocycles. The number of aliphatic carboxylic acids is 1. The lowest BCUT2D eigenvalue weighted by Crippen LogP contribution is -2.40. The summed E-state index contributed by atoms with van der Waals surface area (Å²) in [5, 5.41) is 18.6. The molecule has 1 saturated heterocycles. The Balaban J connectivity index is 2.37. The molecule has 1 aliphatic heterocycles. The van der Waals surface area contributed by atoms with E-state index in [1.807, 2.05) is 0 Å². The predicted octanol–water partition coefficient (Wildman–Crippen LogP) is 0.0977. The number of Topliss-reactive ketones (excluding diaryl/α,β-unsaturated/α-hetero) is 1. The minimum absolute atomic E-state index is 0.104. The normalized spacial score (nSPS) is 23.1. The van der Waals surface area contributed by atoms with Crippen molar-refractivity contribution in [1.29, 1.82) is 0 Å². The van der Waals surface area contributed by atoms with Crippen LogP contribution in [0.25, 0.3) is 0 Å². The topological polar surface area (TPSA) is 112 Å². The van der Waals surface area contributed by atoms with Gasteiger partial charge in [0.25, 0.3) is 0 Å². The number of β-amino-alcohol motifs (C(OH)–C–C–N with tert-alkyl or cyclic N) is 1. The predicted molar refractivity (Wildman–Crippen MR) is 72.4 cm³/mol. The molecule has 0 radical (unpaired) electrons. The number of ketones is 1. The summed E-state index contributed by atoms with van der Waals surface area (Å²) in [4.78, 5) is 22.2. The second-order valence-corrected chi connectivity index (χ2v) is 6.79. The zero-order valence-electron chi connectivity index (χ0n) is 11.3. The van der Waals surface area contributed by atoms with Gasteiger partial charge in [-0.15, -0.1) is 0 Å². The van der Waals surface area contributed by atoms with Crippen molar-refractivity contribution >= 4 is 21.8 Å². The Kier molecular flexibility index (Phi) is 4.13. The van der Waals surface area contributed by atoms with Gasteiger partial charge in [0.2, 0.25) is 10.0 Å². The van der Waals surface area contributed by atoms with Crippen LogP contribution in [0.3, 0.4) is 0 Å². The van der Waals surface area contributed by atoms with Crippen molar-refractivity contribution in [3.05, 3.63) is 29.8 Å². The van der Waals surface area contributed by atoms with Gasteiger partial charge >= 0.3 is 5.97 Å². The van der Waals surface area contributed by atoms with Crippen molar-refractivity contribution in [3.63, 3.8) is 0 Å². The van der Waals surface area contributed by atoms with Crippen LogP contribution in [0, 0.1) is 0 Å². The van der Waals surface area contributed by atoms with E-state index in [1.54, 1.807) is 0 Å². The molecular weight excluding hydrogens is 298 g/mol. The van der Waals surface area contributed by atoms with Crippen molar-refractivity contribution < 1.29 is 28.2 Å². The highest BCUT2D eigenvalue weighted by atomic mass is 32.2. The molecule has 0 amide bonds. The van der Waals surface area contributed by atoms with Crippen LogP contribution < -0.4 is 0 Å². The summed E-state index contributed by atoms with van der Waals surface area (Å²) < 4.78 is 25.7. The Morgan fingerprint density at radius 3 is 2.29 bits per heavy atom. The van der Waals surface area contributed by atoms with Crippen LogP contribution in [0.5, 0.6) is 0 Å². The number of hydrogen-bond donors (Lipinski definition) is 2. The lowest BCUT2D eigenvalue weighted by molar-refractivity contribution is -0.140. The minimum Gasteiger partial charge on any atom is -0.480 e. The highest BCUT2D eigenvalue weighted by molar-refractivity contribution is 7.89. The van der Waals surface area contributed by atoms with Crippen LogP contribution in [0.2, 0.25) is 0 Å². The number of rotatable bonds is 4. The number of benzene rings is 1. The van der Waals surface area contributed by atoms with Gasteiger partial charge in [-0.3, -0.25) is 9.59 Å². The number of carbonyl (C=O) groups is 2. The highest BCUT2D eigenvalue weighted by Crippen LogP contribution is 2.26. The van der Waals surface area contributed by atoms with E-state index in [9.17, 15) is 23.1 Å². The highest BCUT2D eigenvalue weighted by Gasteiger charge is 2.43. The summed E-state index contributed by atoms with van der Waals surface area (Å²) >= 11 is 0. The summed E-state index contributed by atoms with van der Waals surface area (Å²) in [6.45, 7) is 1.11. The van der Waals surface area contributed by atoms with Gasteiger partial charge in [-0.25, -0.2) is 8.42 Å². The van der Waals surface area contributed by atoms with Crippen molar-refractivity contribution in [1.82, 2.24) is 4.31 Å². The number of carboxylic acid groups (broad SMARTS) is 1. The number of aliphatic hydroxyl groups is 1. The van der Waals surface area contributed by atoms with E-state index < -0.39 is 28.1 Å². The van der Waals surface area contributed by atoms with Crippen LogP contribution >= 0.6 is 0 Å². The molecule has 0 bridgehead atoms. The van der Waals surface area contributed by atoms with E-state index in [4.69, 9.17) is 5.11 Å². The fourth-order valence-corrected chi connectivity index (χ4v) is 3.90. The summed E-state index contributed by atoms with van der Waals surface area (Å²) in [5.41, 5.74) is 0.366. The van der Waals surface area contributed by atoms with Crippen molar-refractivity contribution in [3.8, 4) is 0 Å². The van der Waals surface area contributed by atoms with Gasteiger partial charge in [-0.1, -0.05) is 12.1 Å². The van der Waals surface area contributed by atoms with Crippen molar-refractivity contribution in [2.45, 2.75) is 30.4 Å². The molecule has 0 saturated carbocycles. The fraction of sp³-hybridized carbons (Fsp3) is 0.385. The summed E-state index contributed by atoms with van der Waals surface area (Å²) in [7, 11) is -4.03. The van der Waals surface area contributed by atoms with E-state index in [0.717, 1.165) is 4.31 Å². The van der Waals surface area contributed by atoms with Gasteiger partial charge in [0.15, 0.2) is 5.78 Å². The second-order valence-electron chi connectivity index (χ2n) is 4.90. The van der Waals surface area contributed by atoms with E-state index in [-0.39, 0.29) is 23.6 Å². The van der Waals surface area contributed by atoms with Gasteiger partial charge < -0.3 is 10.2 Å². The average molecular weight is 313 g/mol. The molecule has 2 atom stereocenters. The lowest BCUT2D eigenvalue weighted by Gasteiger charge is -2.20. The Hall–Kier alpha value is -1.77. The molecule has 0 aromatic heterocycles. The summed E-state index contributed by atoms with van der Waals surface area (Å²) in [6, 6.07) is 3.98. The Morgan fingerprint density at radius 2 is 1.81 bits per heavy atom. The Morgan fingerprint density at radius 1 is 1.24 bits per heavy atom. The zero-order valence-corrected chi connectivity index (χ0v) is 12.1. The molecule has 1 aromatic rings. The van der Waals surface area contributed by atoms with E-state index in [2.05, 4.69) is 0 Å². The third-order valence-electron chi connectivity index (χ3n) is 3.39. The summed E-state index contributed by atoms with van der Waals surface area (Å²) in [5.74, 6) is -1.49. The standard InChI is InChI=1S/C13H15NO6S/c1-8(15)9-2-4-11(5-3-9)21(19,20)14-7-10(16)6-12(14)13(17)18/h2-5,10,12,16H,6-7H2,1H3,(H,17,18)/t10-,12-/m1/s1. The number of nitrogens with zero attached hydrogens (tertiary/aromatic N) is 1. The number of sulfonamides is 1. The molecule has 0 spiro atoms. The van der Waals surface area contributed by atoms with Crippen LogP contribution in [-0.2, 0) is 14.8 Å². The third-order valence-corrected chi connectivity index (χ3v) is 5.28. The van der Waals surface area contributed by atoms with Crippen LogP contribution in [-0.4, -0.2) is 53.4 Å². The van der Waals surface area contributed by atoms with Gasteiger partial charge in [0.05, 0.1) is 11.0 Å². The van der Waals surface area contributed by atoms with Gasteiger partial charge in [0, 0.05) is 18.5 Å². The van der Waals surface area contributed by atoms with Crippen LogP contribution in [0.1, 0.15) is 23.7 Å². The van der Waals surface area contributed by atoms with E-state index in [0.29, 0.717) is 5.56 Å². The van der Waals surface area contributed by atoms with E-state index >= 15 is 0 Å². The summed E-state index contributed by atoms with van der Waals surface area (Å²) in [6.07, 6.45) is -1.14. The van der Waals surface area contributed by atoms with Crippen LogP contribution in [0.15, 0.2) is 29.2 Å². The Labute approximate surface area is 121 Å². The lowest BCUT2D eigenvalue weighted by atomic mass is 10.2. The molecule has 1 fully saturated rings. The zero-order chi connectivity index (χ0) is 15.8. The molecule has 0 aliphatic carbocycles. The monoisotopic (exact) mass is 313 g/mol. The van der Waals surface area contributed by atoms with E-state index in [1.165, 1.54) is 31.2 Å². The van der Waals surface area contributed by atoms with Gasteiger partial charge in [0.1, 0.15) is 6.04 Å². The molecule has 21 heavy (non-hydrogen) atoms. The first kappa shape index (κ1) is 15.6. The molecule has 8 heteroatoms. The van der Waals surface area contributed by atoms with Gasteiger partial charge in [-0.05, 0) is 19.1 Å². The fourth-order valence-electron chi connectivity index (χ4n) is 2.27. The maximum absolute atomic E-state index is 12.4. The van der Waals surface area contributed by atoms with Gasteiger partial charge in [-0.2, -0.15) is 4.31 Å². The smallest absolute Gasteiger partial charge is 0.322 e. The molecule has 1 aliphatic rings. The first-order valence-corrected chi connectivity index (χ1v) is 7.71. The molecule has 2 rings (SSSR count). The SMILES string of the molecule is CC(=O)c1ccc(S(=O)(=O)N2C[C@H](O)C[C@@H]2C(=O)O)cc1. The third kappa shape index (κ3) is 2.97. The molecule has 2 N–H and O–H groups in total. The van der Waals surface area contributed by atoms with Crippen molar-refractivity contribution in [2.24, 2.45) is 0 Å². The molecular formula is C13H15NO6S. The maximum Gasteiger partial charge on any atom is 0.322 e. The average Bonchev–Trinajstić information content (AvgIpc) is 2.82. The molecule has 1 aromatic carbocycles. The number of carbonyl (C=O) groups excluding carboxylic acids is 1. The number of hydrogen-bond acceptors (Lipinski definition) is 5. The molecule has 114 valence electrons. The second kappa shape index (κ2) is 5.55. The molecule has 0 unspecified atom stereocenters. The quantitative estimate of drug-likeness (QED) is 0.762. The van der Waals surface area contributed by atoms with Crippen molar-refractivity contribution in [2.75, 3.05) is 6.54 Å². The molecule has 7 nitrogen and oxygen atoms in total. The Bertz CT molecular complexity index is 666. The van der Waals surface area contributed by atoms with Crippen LogP contribution in [0.4, 0.5) is 0 Å². The largest absolute Gasteiger partial charge is 0.480 e. The minimum atomic E-state index is -4.03. The number of carboxylic acids is 1. The maximum atomic E-state index is 12.4. The first-order valence-electron chi connectivity index (χ1n) is 6.27. The number of aliphatic hydroxyl groups excluding tert-OH is 1. The first-order chi connectivity index (χ1) is 9.73.